The Labute approximate surface area is 205 Å². The largest absolute Gasteiger partial charge is 0.405 e. The summed E-state index contributed by atoms with van der Waals surface area (Å²) in [5.41, 5.74) is 15.3. The van der Waals surface area contributed by atoms with Gasteiger partial charge in [-0.3, -0.25) is 0 Å². The number of ether oxygens (including phenoxy) is 1. The van der Waals surface area contributed by atoms with Crippen molar-refractivity contribution in [1.82, 2.24) is 24.4 Å². The van der Waals surface area contributed by atoms with Gasteiger partial charge in [0.05, 0.1) is 24.6 Å². The molecule has 0 aromatic carbocycles. The van der Waals surface area contributed by atoms with Gasteiger partial charge >= 0.3 is 0 Å². The monoisotopic (exact) mass is 472 g/mol. The van der Waals surface area contributed by atoms with Crippen molar-refractivity contribution in [2.45, 2.75) is 20.3 Å². The second-order valence-corrected chi connectivity index (χ2v) is 7.96. The zero-order valence-corrected chi connectivity index (χ0v) is 20.2. The normalized spacial score (nSPS) is 16.0. The smallest absolute Gasteiger partial charge is 0.160 e. The highest BCUT2D eigenvalue weighted by Gasteiger charge is 2.19. The van der Waals surface area contributed by atoms with E-state index in [0.717, 1.165) is 47.8 Å². The Morgan fingerprint density at radius 3 is 2.63 bits per heavy atom. The lowest BCUT2D eigenvalue weighted by atomic mass is 10.1. The van der Waals surface area contributed by atoms with Crippen LogP contribution in [0.2, 0.25) is 0 Å². The van der Waals surface area contributed by atoms with Gasteiger partial charge in [-0.15, -0.1) is 0 Å². The third-order valence-electron chi connectivity index (χ3n) is 5.59. The first kappa shape index (κ1) is 24.0. The maximum absolute atomic E-state index is 5.75. The van der Waals surface area contributed by atoms with E-state index in [1.54, 1.807) is 10.8 Å². The molecule has 0 bridgehead atoms. The summed E-state index contributed by atoms with van der Waals surface area (Å²) < 4.78 is 9.22. The lowest BCUT2D eigenvalue weighted by Crippen LogP contribution is -2.37. The van der Waals surface area contributed by atoms with Crippen molar-refractivity contribution in [3.8, 4) is 5.82 Å². The number of nitrogens with zero attached hydrogens (tertiary/aromatic N) is 6. The molecular formula is C26H32N8O. The lowest BCUT2D eigenvalue weighted by Gasteiger charge is -2.29. The summed E-state index contributed by atoms with van der Waals surface area (Å²) in [5, 5.41) is 9.61. The summed E-state index contributed by atoms with van der Waals surface area (Å²) in [6.45, 7) is 7.00. The third kappa shape index (κ3) is 5.36. The SMILES string of the molecule is C\C=C/C(=C\C=C\CC)c1cc2nc(-n3ccc(C(/C=C\N)=C/N)n3)cc(N3CCOCC3)n2n1. The molecule has 0 unspecified atom stereocenters. The topological polar surface area (TPSA) is 113 Å². The van der Waals surface area contributed by atoms with Crippen LogP contribution in [-0.4, -0.2) is 50.7 Å². The van der Waals surface area contributed by atoms with E-state index in [2.05, 4.69) is 41.2 Å². The second-order valence-electron chi connectivity index (χ2n) is 7.96. The van der Waals surface area contributed by atoms with Crippen molar-refractivity contribution in [2.24, 2.45) is 11.5 Å². The van der Waals surface area contributed by atoms with Gasteiger partial charge in [0.15, 0.2) is 11.5 Å². The maximum atomic E-state index is 5.75. The van der Waals surface area contributed by atoms with E-state index in [4.69, 9.17) is 26.3 Å². The fraction of sp³-hybridized carbons (Fsp3) is 0.269. The highest BCUT2D eigenvalue weighted by molar-refractivity contribution is 5.75. The molecule has 4 rings (SSSR count). The van der Waals surface area contributed by atoms with Crippen molar-refractivity contribution in [2.75, 3.05) is 31.2 Å². The van der Waals surface area contributed by atoms with Crippen molar-refractivity contribution in [3.63, 3.8) is 0 Å². The Morgan fingerprint density at radius 2 is 1.91 bits per heavy atom. The Kier molecular flexibility index (Phi) is 7.79. The highest BCUT2D eigenvalue weighted by Crippen LogP contribution is 2.25. The molecule has 3 aromatic rings. The molecule has 182 valence electrons. The Bertz CT molecular complexity index is 1300. The van der Waals surface area contributed by atoms with Crippen LogP contribution in [0.5, 0.6) is 0 Å². The van der Waals surface area contributed by atoms with Crippen molar-refractivity contribution < 1.29 is 4.74 Å². The van der Waals surface area contributed by atoms with E-state index in [0.29, 0.717) is 24.7 Å². The number of nitrogens with two attached hydrogens (primary N) is 2. The van der Waals surface area contributed by atoms with E-state index in [1.165, 1.54) is 12.4 Å². The fourth-order valence-electron chi connectivity index (χ4n) is 3.87. The molecule has 0 saturated carbocycles. The minimum absolute atomic E-state index is 0.667. The highest BCUT2D eigenvalue weighted by atomic mass is 16.5. The maximum Gasteiger partial charge on any atom is 0.160 e. The summed E-state index contributed by atoms with van der Waals surface area (Å²) in [6, 6.07) is 5.89. The average Bonchev–Trinajstić information content (AvgIpc) is 3.54. The molecule has 3 aromatic heterocycles. The number of fused-ring (bicyclic) bond motifs is 1. The fourth-order valence-corrected chi connectivity index (χ4v) is 3.87. The van der Waals surface area contributed by atoms with Gasteiger partial charge < -0.3 is 21.1 Å². The van der Waals surface area contributed by atoms with Crippen LogP contribution < -0.4 is 16.4 Å². The van der Waals surface area contributed by atoms with E-state index in [-0.39, 0.29) is 0 Å². The standard InChI is InChI=1S/C26H32N8O/c1-3-5-6-8-20(7-4-2)23-17-25-29-24(33-12-10-22(30-33)21(19-28)9-11-27)18-26(34(25)31-23)32-13-15-35-16-14-32/h4-12,17-19H,3,13-16,27-28H2,1-2H3/b6-5+,7-4-,11-9-,20-8+,21-19+. The molecule has 0 spiro atoms. The summed E-state index contributed by atoms with van der Waals surface area (Å²) in [6.07, 6.45) is 17.8. The Hall–Kier alpha value is -4.11. The minimum atomic E-state index is 0.667. The van der Waals surface area contributed by atoms with Crippen LogP contribution in [-0.2, 0) is 4.74 Å². The molecule has 1 aliphatic heterocycles. The third-order valence-corrected chi connectivity index (χ3v) is 5.59. The van der Waals surface area contributed by atoms with Crippen LogP contribution in [0.1, 0.15) is 31.7 Å². The number of aromatic nitrogens is 5. The molecule has 35 heavy (non-hydrogen) atoms. The number of anilines is 1. The van der Waals surface area contributed by atoms with E-state index in [9.17, 15) is 0 Å². The van der Waals surface area contributed by atoms with Crippen LogP contribution in [0.4, 0.5) is 5.82 Å². The number of morpholine rings is 1. The van der Waals surface area contributed by atoms with Gasteiger partial charge in [0.25, 0.3) is 0 Å². The van der Waals surface area contributed by atoms with E-state index < -0.39 is 0 Å². The second kappa shape index (κ2) is 11.3. The summed E-state index contributed by atoms with van der Waals surface area (Å²) in [5.74, 6) is 1.63. The van der Waals surface area contributed by atoms with Crippen LogP contribution >= 0.6 is 0 Å². The van der Waals surface area contributed by atoms with Crippen LogP contribution in [0.15, 0.2) is 73.3 Å². The Balaban J connectivity index is 1.83. The molecule has 0 radical (unpaired) electrons. The minimum Gasteiger partial charge on any atom is -0.405 e. The zero-order valence-electron chi connectivity index (χ0n) is 20.2. The lowest BCUT2D eigenvalue weighted by molar-refractivity contribution is 0.122. The van der Waals surface area contributed by atoms with Gasteiger partial charge in [-0.2, -0.15) is 14.7 Å². The quantitative estimate of drug-likeness (QED) is 0.483. The molecule has 9 heteroatoms. The number of allylic oxidation sites excluding steroid dienone is 8. The zero-order chi connectivity index (χ0) is 24.6. The van der Waals surface area contributed by atoms with Crippen molar-refractivity contribution >= 4 is 22.6 Å². The molecular weight excluding hydrogens is 440 g/mol. The first-order valence-electron chi connectivity index (χ1n) is 11.8. The van der Waals surface area contributed by atoms with Gasteiger partial charge in [-0.25, -0.2) is 9.67 Å². The number of hydrogen-bond acceptors (Lipinski definition) is 7. The summed E-state index contributed by atoms with van der Waals surface area (Å²) in [7, 11) is 0. The van der Waals surface area contributed by atoms with Gasteiger partial charge in [0.1, 0.15) is 5.82 Å². The van der Waals surface area contributed by atoms with Crippen LogP contribution in [0, 0.1) is 0 Å². The molecule has 4 N–H and O–H groups in total. The molecule has 0 aliphatic carbocycles. The molecule has 1 aliphatic rings. The summed E-state index contributed by atoms with van der Waals surface area (Å²) >= 11 is 0. The molecule has 9 nitrogen and oxygen atoms in total. The summed E-state index contributed by atoms with van der Waals surface area (Å²) in [4.78, 5) is 7.15. The predicted molar refractivity (Wildman–Crippen MR) is 141 cm³/mol. The van der Waals surface area contributed by atoms with E-state index >= 15 is 0 Å². The van der Waals surface area contributed by atoms with E-state index in [1.807, 2.05) is 41.9 Å². The number of rotatable bonds is 8. The Morgan fingerprint density at radius 1 is 1.09 bits per heavy atom. The van der Waals surface area contributed by atoms with Gasteiger partial charge in [0, 0.05) is 48.8 Å². The molecule has 1 saturated heterocycles. The molecule has 4 heterocycles. The van der Waals surface area contributed by atoms with Crippen LogP contribution in [0.3, 0.4) is 0 Å². The first-order chi connectivity index (χ1) is 17.2. The van der Waals surface area contributed by atoms with Crippen molar-refractivity contribution in [1.29, 1.82) is 0 Å². The van der Waals surface area contributed by atoms with Gasteiger partial charge in [0.2, 0.25) is 0 Å². The average molecular weight is 473 g/mol. The van der Waals surface area contributed by atoms with Gasteiger partial charge in [-0.05, 0) is 31.7 Å². The predicted octanol–water partition coefficient (Wildman–Crippen LogP) is 3.45. The molecule has 0 atom stereocenters. The molecule has 0 amide bonds. The number of hydrogen-bond donors (Lipinski definition) is 2. The molecule has 1 fully saturated rings. The van der Waals surface area contributed by atoms with Gasteiger partial charge in [-0.1, -0.05) is 37.3 Å². The van der Waals surface area contributed by atoms with Crippen molar-refractivity contribution in [3.05, 3.63) is 84.6 Å². The first-order valence-corrected chi connectivity index (χ1v) is 11.8. The van der Waals surface area contributed by atoms with Crippen LogP contribution in [0.25, 0.3) is 22.6 Å².